The summed E-state index contributed by atoms with van der Waals surface area (Å²) < 4.78 is 5.32. The number of unbranched alkanes of at least 4 members (excludes halogenated alkanes) is 2. The Hall–Kier alpha value is -2.13. The van der Waals surface area contributed by atoms with Gasteiger partial charge in [0.25, 0.3) is 0 Å². The molecule has 1 unspecified atom stereocenters. The van der Waals surface area contributed by atoms with Gasteiger partial charge in [-0.15, -0.1) is 0 Å². The largest absolute Gasteiger partial charge is 0.462 e. The molecule has 3 saturated carbocycles. The molecule has 5 rings (SSSR count). The molecule has 0 bridgehead atoms. The van der Waals surface area contributed by atoms with Crippen LogP contribution in [-0.2, 0) is 16.0 Å². The van der Waals surface area contributed by atoms with Crippen LogP contribution in [0.15, 0.2) is 48.6 Å². The molecule has 1 N–H and O–H groups in total. The molecule has 3 aliphatic carbocycles. The highest BCUT2D eigenvalue weighted by Crippen LogP contribution is 2.45. The van der Waals surface area contributed by atoms with Crippen LogP contribution in [-0.4, -0.2) is 24.3 Å². The number of aryl methyl sites for hydroxylation is 1. The Kier molecular flexibility index (Phi) is 13.7. The number of aliphatic hydroxyl groups is 1. The van der Waals surface area contributed by atoms with Crippen LogP contribution in [0.5, 0.6) is 0 Å². The lowest BCUT2D eigenvalue weighted by molar-refractivity contribution is -0.140. The number of hydrogen-bond acceptors (Lipinski definition) is 3. The third kappa shape index (κ3) is 10.2. The van der Waals surface area contributed by atoms with Gasteiger partial charge in [0.2, 0.25) is 0 Å². The smallest absolute Gasteiger partial charge is 0.333 e. The van der Waals surface area contributed by atoms with Gasteiger partial charge in [0.15, 0.2) is 0 Å². The molecule has 3 aliphatic rings. The van der Waals surface area contributed by atoms with Gasteiger partial charge in [-0.05, 0) is 122 Å². The monoisotopic (exact) mass is 628 g/mol. The molecule has 0 radical (unpaired) electrons. The molecule has 0 amide bonds. The van der Waals surface area contributed by atoms with Gasteiger partial charge in [-0.1, -0.05) is 114 Å². The molecule has 0 saturated heterocycles. The third-order valence-corrected chi connectivity index (χ3v) is 12.5. The zero-order chi connectivity index (χ0) is 32.3. The molecule has 2 aromatic rings. The maximum absolute atomic E-state index is 11.7. The lowest BCUT2D eigenvalue weighted by Gasteiger charge is -2.38. The van der Waals surface area contributed by atoms with E-state index in [1.54, 1.807) is 12.5 Å². The maximum atomic E-state index is 11.7. The van der Waals surface area contributed by atoms with E-state index in [2.05, 4.69) is 49.9 Å². The average Bonchev–Trinajstić information content (AvgIpc) is 3.09. The fraction of sp³-hybridized carbons (Fsp3) is 0.698. The van der Waals surface area contributed by atoms with Crippen LogP contribution in [0.2, 0.25) is 0 Å². The molecule has 46 heavy (non-hydrogen) atoms. The minimum Gasteiger partial charge on any atom is -0.462 e. The number of carbonyl (C=O) groups excluding carboxylic acids is 1. The van der Waals surface area contributed by atoms with Crippen molar-refractivity contribution in [2.24, 2.45) is 35.5 Å². The quantitative estimate of drug-likeness (QED) is 0.121. The van der Waals surface area contributed by atoms with Gasteiger partial charge < -0.3 is 9.84 Å². The summed E-state index contributed by atoms with van der Waals surface area (Å²) in [5, 5.41) is 12.6. The molecule has 0 spiro atoms. The highest BCUT2D eigenvalue weighted by Gasteiger charge is 2.32. The van der Waals surface area contributed by atoms with E-state index in [1.165, 1.54) is 132 Å². The second-order valence-corrected chi connectivity index (χ2v) is 15.9. The molecule has 0 heterocycles. The first-order chi connectivity index (χ1) is 22.4. The molecule has 3 nitrogen and oxygen atoms in total. The summed E-state index contributed by atoms with van der Waals surface area (Å²) in [6, 6.07) is 14.5. The van der Waals surface area contributed by atoms with Gasteiger partial charge in [-0.3, -0.25) is 0 Å². The van der Waals surface area contributed by atoms with E-state index in [0.717, 1.165) is 36.0 Å². The van der Waals surface area contributed by atoms with Crippen molar-refractivity contribution in [3.05, 3.63) is 59.7 Å². The molecule has 254 valence electrons. The predicted molar refractivity (Wildman–Crippen MR) is 193 cm³/mol. The standard InChI is InChI=1S/C43H64O3/c1-4-5-6-7-34-16-19-42-28-41(25-24-40(42)27-34)39-22-20-38(21-23-39)37-17-14-33(15-18-37)9-8-32-10-12-35(13-11-32)26-36(29-44)30-46-43(45)31(2)3/h16,19,24-25,27-28,32-33,35-39,44H,2,4-15,17-18,20-23,26,29-30H2,1,3H3. The Bertz CT molecular complexity index is 1220. The van der Waals surface area contributed by atoms with Crippen molar-refractivity contribution >= 4 is 16.7 Å². The summed E-state index contributed by atoms with van der Waals surface area (Å²) in [5.74, 6) is 4.92. The molecule has 0 aromatic heterocycles. The molecular weight excluding hydrogens is 564 g/mol. The minimum absolute atomic E-state index is 0.0577. The number of rotatable bonds is 15. The fourth-order valence-electron chi connectivity index (χ4n) is 9.39. The predicted octanol–water partition coefficient (Wildman–Crippen LogP) is 11.4. The lowest BCUT2D eigenvalue weighted by Crippen LogP contribution is -2.26. The van der Waals surface area contributed by atoms with Crippen molar-refractivity contribution in [1.29, 1.82) is 0 Å². The topological polar surface area (TPSA) is 46.5 Å². The summed E-state index contributed by atoms with van der Waals surface area (Å²) in [7, 11) is 0. The Morgan fingerprint density at radius 1 is 0.804 bits per heavy atom. The maximum Gasteiger partial charge on any atom is 0.333 e. The van der Waals surface area contributed by atoms with Gasteiger partial charge in [0, 0.05) is 18.1 Å². The van der Waals surface area contributed by atoms with E-state index in [0.29, 0.717) is 18.1 Å². The second-order valence-electron chi connectivity index (χ2n) is 15.9. The second kappa shape index (κ2) is 17.9. The minimum atomic E-state index is -0.341. The number of aliphatic hydroxyl groups excluding tert-OH is 1. The molecule has 3 heteroatoms. The van der Waals surface area contributed by atoms with E-state index in [1.807, 2.05) is 0 Å². The summed E-state index contributed by atoms with van der Waals surface area (Å²) in [5.41, 5.74) is 3.51. The number of hydrogen-bond donors (Lipinski definition) is 1. The van der Waals surface area contributed by atoms with Crippen LogP contribution < -0.4 is 0 Å². The number of fused-ring (bicyclic) bond motifs is 1. The summed E-state index contributed by atoms with van der Waals surface area (Å²) in [4.78, 5) is 11.7. The Morgan fingerprint density at radius 2 is 1.39 bits per heavy atom. The van der Waals surface area contributed by atoms with Gasteiger partial charge in [-0.2, -0.15) is 0 Å². The van der Waals surface area contributed by atoms with E-state index in [9.17, 15) is 9.90 Å². The number of benzene rings is 2. The van der Waals surface area contributed by atoms with Gasteiger partial charge in [0.05, 0.1) is 6.61 Å². The highest BCUT2D eigenvalue weighted by molar-refractivity contribution is 5.87. The van der Waals surface area contributed by atoms with Crippen LogP contribution in [0.1, 0.15) is 146 Å². The molecular formula is C43H64O3. The van der Waals surface area contributed by atoms with Crippen LogP contribution in [0.25, 0.3) is 10.8 Å². The molecule has 0 aliphatic heterocycles. The van der Waals surface area contributed by atoms with Gasteiger partial charge in [-0.25, -0.2) is 4.79 Å². The number of esters is 1. The molecule has 2 aromatic carbocycles. The summed E-state index contributed by atoms with van der Waals surface area (Å²) >= 11 is 0. The van der Waals surface area contributed by atoms with E-state index in [-0.39, 0.29) is 18.5 Å². The van der Waals surface area contributed by atoms with E-state index in [4.69, 9.17) is 4.74 Å². The first-order valence-corrected chi connectivity index (χ1v) is 19.4. The highest BCUT2D eigenvalue weighted by atomic mass is 16.5. The normalized spacial score (nSPS) is 27.7. The van der Waals surface area contributed by atoms with Crippen LogP contribution >= 0.6 is 0 Å². The summed E-state index contributed by atoms with van der Waals surface area (Å²) in [6.07, 6.45) is 25.7. The third-order valence-electron chi connectivity index (χ3n) is 12.5. The Balaban J connectivity index is 0.965. The van der Waals surface area contributed by atoms with Crippen molar-refractivity contribution in [2.45, 2.75) is 142 Å². The average molecular weight is 629 g/mol. The zero-order valence-electron chi connectivity index (χ0n) is 29.3. The van der Waals surface area contributed by atoms with Gasteiger partial charge >= 0.3 is 5.97 Å². The Labute approximate surface area is 281 Å². The van der Waals surface area contributed by atoms with E-state index >= 15 is 0 Å². The van der Waals surface area contributed by atoms with Crippen molar-refractivity contribution in [2.75, 3.05) is 13.2 Å². The number of carbonyl (C=O) groups is 1. The van der Waals surface area contributed by atoms with Gasteiger partial charge in [0.1, 0.15) is 0 Å². The molecule has 3 fully saturated rings. The van der Waals surface area contributed by atoms with Crippen molar-refractivity contribution in [3.63, 3.8) is 0 Å². The Morgan fingerprint density at radius 3 is 2.02 bits per heavy atom. The lowest BCUT2D eigenvalue weighted by atomic mass is 9.67. The van der Waals surface area contributed by atoms with Crippen LogP contribution in [0, 0.1) is 35.5 Å². The first-order valence-electron chi connectivity index (χ1n) is 19.4. The van der Waals surface area contributed by atoms with E-state index < -0.39 is 0 Å². The van der Waals surface area contributed by atoms with Crippen molar-refractivity contribution < 1.29 is 14.6 Å². The molecule has 1 atom stereocenters. The van der Waals surface area contributed by atoms with Crippen molar-refractivity contribution in [3.8, 4) is 0 Å². The number of ether oxygens (including phenoxy) is 1. The van der Waals surface area contributed by atoms with Crippen LogP contribution in [0.3, 0.4) is 0 Å². The van der Waals surface area contributed by atoms with Crippen LogP contribution in [0.4, 0.5) is 0 Å². The zero-order valence-corrected chi connectivity index (χ0v) is 29.3. The first kappa shape index (κ1) is 35.2. The SMILES string of the molecule is C=C(C)C(=O)OCC(CO)CC1CCC(CCC2CCC(C3CCC(c4ccc5cc(CCCCC)ccc5c4)CC3)CC2)CC1. The fourth-order valence-corrected chi connectivity index (χ4v) is 9.39. The van der Waals surface area contributed by atoms with Crippen molar-refractivity contribution in [1.82, 2.24) is 0 Å². The summed E-state index contributed by atoms with van der Waals surface area (Å²) in [6.45, 7) is 8.01.